The number of hydrogen-bond donors (Lipinski definition) is 4. The average Bonchev–Trinajstić information content (AvgIpc) is 3.51. The van der Waals surface area contributed by atoms with Crippen LogP contribution in [0.3, 0.4) is 0 Å². The number of carbonyl (C=O) groups is 4. The van der Waals surface area contributed by atoms with Gasteiger partial charge in [0.05, 0.1) is 30.2 Å². The van der Waals surface area contributed by atoms with E-state index in [1.54, 1.807) is 25.1 Å². The number of aromatic nitrogens is 2. The Morgan fingerprint density at radius 2 is 1.98 bits per heavy atom. The SMILES string of the molecule is CCC(=O)O[C@]1(C(=O)O)CCC2[C@@H]3CCC4=Cc5c(cnn5-c5cccc(C(=O)NCC(N)=O)c5)C[C@]4(C)C3[C@@H](O)C[C@@]21C. The minimum absolute atomic E-state index is 0.00241. The zero-order chi connectivity index (χ0) is 31.6. The fourth-order valence-corrected chi connectivity index (χ4v) is 9.26. The van der Waals surface area contributed by atoms with Crippen LogP contribution in [0.2, 0.25) is 0 Å². The number of nitrogens with one attached hydrogen (secondary N) is 1. The van der Waals surface area contributed by atoms with Crippen molar-refractivity contribution in [1.29, 1.82) is 0 Å². The maximum Gasteiger partial charge on any atom is 0.348 e. The summed E-state index contributed by atoms with van der Waals surface area (Å²) in [5.74, 6) is -2.68. The van der Waals surface area contributed by atoms with Crippen LogP contribution >= 0.6 is 0 Å². The molecule has 6 rings (SSSR count). The fourth-order valence-electron chi connectivity index (χ4n) is 9.26. The van der Waals surface area contributed by atoms with Crippen molar-refractivity contribution in [2.24, 2.45) is 34.3 Å². The number of esters is 1. The number of benzene rings is 1. The molecule has 0 aliphatic heterocycles. The summed E-state index contributed by atoms with van der Waals surface area (Å²) in [5, 5.41) is 29.5. The highest BCUT2D eigenvalue weighted by Crippen LogP contribution is 2.68. The third-order valence-electron chi connectivity index (χ3n) is 11.2. The smallest absolute Gasteiger partial charge is 0.348 e. The van der Waals surface area contributed by atoms with Crippen LogP contribution in [0, 0.1) is 28.6 Å². The summed E-state index contributed by atoms with van der Waals surface area (Å²) in [7, 11) is 0. The quantitative estimate of drug-likeness (QED) is 0.349. The molecule has 1 aromatic heterocycles. The first-order valence-electron chi connectivity index (χ1n) is 15.4. The van der Waals surface area contributed by atoms with E-state index in [0.717, 1.165) is 24.1 Å². The molecule has 11 nitrogen and oxygen atoms in total. The molecule has 0 saturated heterocycles. The van der Waals surface area contributed by atoms with Crippen molar-refractivity contribution in [2.45, 2.75) is 77.4 Å². The number of nitrogens with two attached hydrogens (primary N) is 1. The number of aliphatic hydroxyl groups is 1. The lowest BCUT2D eigenvalue weighted by Crippen LogP contribution is -2.63. The topological polar surface area (TPSA) is 174 Å². The van der Waals surface area contributed by atoms with E-state index in [-0.39, 0.29) is 49.0 Å². The van der Waals surface area contributed by atoms with Crippen LogP contribution in [0.15, 0.2) is 36.0 Å². The first-order valence-corrected chi connectivity index (χ1v) is 15.4. The lowest BCUT2D eigenvalue weighted by atomic mass is 9.45. The summed E-state index contributed by atoms with van der Waals surface area (Å²) in [5.41, 5.74) is 6.58. The minimum Gasteiger partial charge on any atom is -0.478 e. The molecule has 2 amide bonds. The van der Waals surface area contributed by atoms with E-state index in [0.29, 0.717) is 24.1 Å². The van der Waals surface area contributed by atoms with Gasteiger partial charge >= 0.3 is 11.9 Å². The van der Waals surface area contributed by atoms with Crippen molar-refractivity contribution in [1.82, 2.24) is 15.1 Å². The standard InChI is InChI=1S/C33H40N4O7/c1-4-27(40)44-33(30(42)43)11-10-23-22-9-8-20-13-24-19(14-31(20,2)28(22)25(38)15-32(23,33)3)16-36-37(24)21-7-5-6-18(12-21)29(41)35-17-26(34)39/h5-7,12-13,16,22-23,25,28,38H,4,8-11,14-15,17H2,1-3H3,(H2,34,39)(H,35,41)(H,42,43)/t22-,23?,25-,28?,31-,32-,33-/m0/s1. The number of carboxylic acids is 1. The highest BCUT2D eigenvalue weighted by Gasteiger charge is 2.71. The van der Waals surface area contributed by atoms with Crippen molar-refractivity contribution in [3.8, 4) is 5.69 Å². The number of aliphatic hydroxyl groups excluding tert-OH is 1. The van der Waals surface area contributed by atoms with Crippen molar-refractivity contribution < 1.29 is 34.1 Å². The van der Waals surface area contributed by atoms with E-state index in [2.05, 4.69) is 23.4 Å². The van der Waals surface area contributed by atoms with Crippen LogP contribution in [0.5, 0.6) is 0 Å². The maximum absolute atomic E-state index is 12.7. The fraction of sp³-hybridized carbons (Fsp3) is 0.545. The predicted octanol–water partition coefficient (Wildman–Crippen LogP) is 3.02. The Labute approximate surface area is 255 Å². The molecule has 1 heterocycles. The number of carbonyl (C=O) groups excluding carboxylic acids is 3. The molecule has 4 aliphatic rings. The van der Waals surface area contributed by atoms with Gasteiger partial charge in [0.2, 0.25) is 11.5 Å². The summed E-state index contributed by atoms with van der Waals surface area (Å²) in [6, 6.07) is 7.02. The van der Waals surface area contributed by atoms with Crippen molar-refractivity contribution in [3.63, 3.8) is 0 Å². The number of carboxylic acid groups (broad SMARTS) is 1. The molecule has 11 heteroatoms. The molecule has 234 valence electrons. The van der Waals surface area contributed by atoms with Gasteiger partial charge in [-0.05, 0) is 91.5 Å². The number of ether oxygens (including phenoxy) is 1. The van der Waals surface area contributed by atoms with Gasteiger partial charge in [-0.15, -0.1) is 0 Å². The number of amides is 2. The average molecular weight is 605 g/mol. The molecule has 1 aromatic carbocycles. The van der Waals surface area contributed by atoms with Crippen molar-refractivity contribution >= 4 is 29.8 Å². The molecule has 3 saturated carbocycles. The Bertz CT molecular complexity index is 1580. The molecular weight excluding hydrogens is 564 g/mol. The van der Waals surface area contributed by atoms with Gasteiger partial charge in [0.1, 0.15) is 0 Å². The number of aliphatic carboxylic acids is 1. The van der Waals surface area contributed by atoms with E-state index < -0.39 is 40.9 Å². The first-order chi connectivity index (χ1) is 20.8. The second-order valence-corrected chi connectivity index (χ2v) is 13.5. The maximum atomic E-state index is 12.7. The zero-order valence-electron chi connectivity index (χ0n) is 25.3. The number of fused-ring (bicyclic) bond motifs is 6. The largest absolute Gasteiger partial charge is 0.478 e. The van der Waals surface area contributed by atoms with E-state index in [4.69, 9.17) is 10.5 Å². The van der Waals surface area contributed by atoms with Crippen LogP contribution in [0.4, 0.5) is 0 Å². The molecule has 0 bridgehead atoms. The van der Waals surface area contributed by atoms with Gasteiger partial charge < -0.3 is 26.0 Å². The van der Waals surface area contributed by atoms with Gasteiger partial charge in [-0.1, -0.05) is 32.4 Å². The first kappa shape index (κ1) is 30.1. The van der Waals surface area contributed by atoms with Gasteiger partial charge in [0.25, 0.3) is 5.91 Å². The van der Waals surface area contributed by atoms with E-state index in [9.17, 15) is 29.4 Å². The number of hydrogen-bond acceptors (Lipinski definition) is 7. The van der Waals surface area contributed by atoms with Crippen LogP contribution < -0.4 is 11.1 Å². The highest BCUT2D eigenvalue weighted by atomic mass is 16.6. The lowest BCUT2D eigenvalue weighted by Gasteiger charge is -2.60. The van der Waals surface area contributed by atoms with Crippen molar-refractivity contribution in [2.75, 3.05) is 6.54 Å². The third kappa shape index (κ3) is 4.38. The van der Waals surface area contributed by atoms with Gasteiger partial charge in [0.15, 0.2) is 0 Å². The third-order valence-corrected chi connectivity index (χ3v) is 11.2. The van der Waals surface area contributed by atoms with Gasteiger partial charge in [-0.25, -0.2) is 9.48 Å². The zero-order valence-corrected chi connectivity index (χ0v) is 25.3. The summed E-state index contributed by atoms with van der Waals surface area (Å²) in [6.07, 6.45) is 6.75. The van der Waals surface area contributed by atoms with Crippen LogP contribution in [-0.4, -0.2) is 62.0 Å². The molecule has 4 aliphatic carbocycles. The number of primary amides is 1. The second kappa shape index (κ2) is 10.6. The molecule has 5 N–H and O–H groups in total. The second-order valence-electron chi connectivity index (χ2n) is 13.5. The number of rotatable bonds is 7. The van der Waals surface area contributed by atoms with Crippen LogP contribution in [0.25, 0.3) is 11.8 Å². The summed E-state index contributed by atoms with van der Waals surface area (Å²) >= 11 is 0. The lowest BCUT2D eigenvalue weighted by molar-refractivity contribution is -0.210. The molecular formula is C33H40N4O7. The molecule has 0 spiro atoms. The normalized spacial score (nSPS) is 33.6. The van der Waals surface area contributed by atoms with E-state index in [1.807, 2.05) is 23.9 Å². The molecule has 0 radical (unpaired) electrons. The Kier molecular flexibility index (Phi) is 7.22. The highest BCUT2D eigenvalue weighted by molar-refractivity contribution is 5.96. The summed E-state index contributed by atoms with van der Waals surface area (Å²) in [4.78, 5) is 48.8. The van der Waals surface area contributed by atoms with E-state index >= 15 is 0 Å². The van der Waals surface area contributed by atoms with E-state index in [1.165, 1.54) is 5.57 Å². The Balaban J connectivity index is 1.31. The molecule has 3 fully saturated rings. The van der Waals surface area contributed by atoms with Gasteiger partial charge in [-0.3, -0.25) is 14.4 Å². The van der Waals surface area contributed by atoms with Gasteiger partial charge in [0, 0.05) is 17.4 Å². The summed E-state index contributed by atoms with van der Waals surface area (Å²) in [6.45, 7) is 5.52. The monoisotopic (exact) mass is 604 g/mol. The Hall–Kier alpha value is -3.99. The number of nitrogens with zero attached hydrogens (tertiary/aromatic N) is 2. The molecule has 44 heavy (non-hydrogen) atoms. The minimum atomic E-state index is -1.64. The Morgan fingerprint density at radius 1 is 1.20 bits per heavy atom. The molecule has 7 atom stereocenters. The van der Waals surface area contributed by atoms with Crippen LogP contribution in [0.1, 0.15) is 80.9 Å². The van der Waals surface area contributed by atoms with Crippen LogP contribution in [-0.2, 0) is 25.5 Å². The molecule has 2 unspecified atom stereocenters. The number of allylic oxidation sites excluding steroid dienone is 1. The van der Waals surface area contributed by atoms with Gasteiger partial charge in [-0.2, -0.15) is 5.10 Å². The van der Waals surface area contributed by atoms with Crippen molar-refractivity contribution in [3.05, 3.63) is 52.9 Å². The molecule has 2 aromatic rings. The predicted molar refractivity (Wildman–Crippen MR) is 159 cm³/mol. The Morgan fingerprint density at radius 3 is 2.68 bits per heavy atom. The summed E-state index contributed by atoms with van der Waals surface area (Å²) < 4.78 is 7.58.